The van der Waals surface area contributed by atoms with Crippen molar-refractivity contribution in [2.75, 3.05) is 25.0 Å². The largest absolute Gasteiger partial charge is 0.325 e. The van der Waals surface area contributed by atoms with Crippen molar-refractivity contribution in [2.24, 2.45) is 5.92 Å². The molecule has 0 bridgehead atoms. The first-order valence-corrected chi connectivity index (χ1v) is 9.62. The van der Waals surface area contributed by atoms with Gasteiger partial charge in [-0.1, -0.05) is 26.0 Å². The van der Waals surface area contributed by atoms with Crippen LogP contribution in [0.25, 0.3) is 0 Å². The number of nitrogens with one attached hydrogen (secondary N) is 2. The maximum absolute atomic E-state index is 12.6. The highest BCUT2D eigenvalue weighted by Gasteiger charge is 2.56. The Hall–Kier alpha value is -2.41. The number of urea groups is 1. The van der Waals surface area contributed by atoms with Crippen LogP contribution in [0, 0.1) is 5.92 Å². The van der Waals surface area contributed by atoms with Crippen LogP contribution in [0.3, 0.4) is 0 Å². The minimum absolute atomic E-state index is 0.179. The molecule has 4 amide bonds. The molecule has 0 spiro atoms. The number of carbonyl (C=O) groups excluding carboxylic acids is 3. The second kappa shape index (κ2) is 7.68. The Morgan fingerprint density at radius 3 is 2.63 bits per heavy atom. The highest BCUT2D eigenvalue weighted by Crippen LogP contribution is 2.42. The second-order valence-corrected chi connectivity index (χ2v) is 7.51. The van der Waals surface area contributed by atoms with Gasteiger partial charge in [0.1, 0.15) is 12.1 Å². The SMILES string of the molecule is CCN(CC)Cc1cccc(NC(=O)CN2C(=O)NC(C)(C3CC3)C2=O)c1. The van der Waals surface area contributed by atoms with Crippen LogP contribution >= 0.6 is 0 Å². The van der Waals surface area contributed by atoms with Gasteiger partial charge in [0.2, 0.25) is 5.91 Å². The third-order valence-corrected chi connectivity index (χ3v) is 5.51. The Bertz CT molecular complexity index is 742. The molecule has 27 heavy (non-hydrogen) atoms. The summed E-state index contributed by atoms with van der Waals surface area (Å²) in [5.74, 6) is -0.502. The van der Waals surface area contributed by atoms with E-state index in [1.807, 2.05) is 24.3 Å². The van der Waals surface area contributed by atoms with Crippen molar-refractivity contribution in [3.05, 3.63) is 29.8 Å². The van der Waals surface area contributed by atoms with Crippen molar-refractivity contribution >= 4 is 23.5 Å². The Balaban J connectivity index is 1.61. The molecule has 2 fully saturated rings. The van der Waals surface area contributed by atoms with Gasteiger partial charge in [0, 0.05) is 12.2 Å². The van der Waals surface area contributed by atoms with E-state index in [4.69, 9.17) is 0 Å². The van der Waals surface area contributed by atoms with Crippen LogP contribution in [-0.2, 0) is 16.1 Å². The summed E-state index contributed by atoms with van der Waals surface area (Å²) < 4.78 is 0. The normalized spacial score (nSPS) is 22.3. The van der Waals surface area contributed by atoms with Gasteiger partial charge in [-0.25, -0.2) is 4.79 Å². The number of rotatable bonds is 8. The summed E-state index contributed by atoms with van der Waals surface area (Å²) in [6, 6.07) is 7.17. The van der Waals surface area contributed by atoms with Gasteiger partial charge in [-0.15, -0.1) is 0 Å². The molecule has 7 heteroatoms. The molecule has 146 valence electrons. The minimum atomic E-state index is -0.860. The molecule has 1 atom stereocenters. The zero-order valence-corrected chi connectivity index (χ0v) is 16.2. The standard InChI is InChI=1S/C20H28N4O3/c1-4-23(5-2)12-14-7-6-8-16(11-14)21-17(25)13-24-18(26)20(3,15-9-10-15)22-19(24)27/h6-8,11,15H,4-5,9-10,12-13H2,1-3H3,(H,21,25)(H,22,27). The first-order valence-electron chi connectivity index (χ1n) is 9.62. The van der Waals surface area contributed by atoms with E-state index in [1.54, 1.807) is 6.92 Å². The maximum Gasteiger partial charge on any atom is 0.325 e. The molecule has 2 aliphatic rings. The fourth-order valence-electron chi connectivity index (χ4n) is 3.59. The van der Waals surface area contributed by atoms with Gasteiger partial charge in [-0.3, -0.25) is 19.4 Å². The minimum Gasteiger partial charge on any atom is -0.325 e. The number of carbonyl (C=O) groups is 3. The summed E-state index contributed by atoms with van der Waals surface area (Å²) in [7, 11) is 0. The van der Waals surface area contributed by atoms with E-state index in [0.717, 1.165) is 42.9 Å². The number of amides is 4. The van der Waals surface area contributed by atoms with E-state index < -0.39 is 11.6 Å². The van der Waals surface area contributed by atoms with Crippen molar-refractivity contribution in [2.45, 2.75) is 45.7 Å². The summed E-state index contributed by atoms with van der Waals surface area (Å²) >= 11 is 0. The molecule has 2 N–H and O–H groups in total. The Labute approximate surface area is 160 Å². The lowest BCUT2D eigenvalue weighted by molar-refractivity contribution is -0.134. The van der Waals surface area contributed by atoms with E-state index in [9.17, 15) is 14.4 Å². The lowest BCUT2D eigenvalue weighted by atomic mass is 9.96. The van der Waals surface area contributed by atoms with E-state index >= 15 is 0 Å². The molecule has 1 unspecified atom stereocenters. The number of imide groups is 1. The van der Waals surface area contributed by atoms with Crippen LogP contribution in [0.1, 0.15) is 39.2 Å². The Morgan fingerprint density at radius 2 is 2.00 bits per heavy atom. The molecule has 3 rings (SSSR count). The molecule has 0 aromatic heterocycles. The fourth-order valence-corrected chi connectivity index (χ4v) is 3.59. The van der Waals surface area contributed by atoms with E-state index in [2.05, 4.69) is 29.4 Å². The molecular formula is C20H28N4O3. The quantitative estimate of drug-likeness (QED) is 0.686. The van der Waals surface area contributed by atoms with Crippen LogP contribution in [0.15, 0.2) is 24.3 Å². The lowest BCUT2D eigenvalue weighted by Gasteiger charge is -2.21. The summed E-state index contributed by atoms with van der Waals surface area (Å²) in [4.78, 5) is 40.5. The monoisotopic (exact) mass is 372 g/mol. The Morgan fingerprint density at radius 1 is 1.30 bits per heavy atom. The third kappa shape index (κ3) is 4.13. The number of anilines is 1. The van der Waals surface area contributed by atoms with Crippen LogP contribution in [-0.4, -0.2) is 52.8 Å². The van der Waals surface area contributed by atoms with E-state index in [-0.39, 0.29) is 24.3 Å². The van der Waals surface area contributed by atoms with Gasteiger partial charge in [0.15, 0.2) is 0 Å². The van der Waals surface area contributed by atoms with Crippen LogP contribution < -0.4 is 10.6 Å². The molecule has 1 saturated heterocycles. The average Bonchev–Trinajstić information content (AvgIpc) is 3.46. The fraction of sp³-hybridized carbons (Fsp3) is 0.550. The van der Waals surface area contributed by atoms with Gasteiger partial charge >= 0.3 is 6.03 Å². The number of benzene rings is 1. The smallest absolute Gasteiger partial charge is 0.325 e. The van der Waals surface area contributed by atoms with Gasteiger partial charge < -0.3 is 10.6 Å². The number of nitrogens with zero attached hydrogens (tertiary/aromatic N) is 2. The highest BCUT2D eigenvalue weighted by atomic mass is 16.2. The van der Waals surface area contributed by atoms with Crippen LogP contribution in [0.2, 0.25) is 0 Å². The van der Waals surface area contributed by atoms with Gasteiger partial charge in [0.25, 0.3) is 5.91 Å². The molecule has 1 aliphatic carbocycles. The molecule has 1 heterocycles. The van der Waals surface area contributed by atoms with Crippen molar-refractivity contribution < 1.29 is 14.4 Å². The van der Waals surface area contributed by atoms with Crippen LogP contribution in [0.4, 0.5) is 10.5 Å². The van der Waals surface area contributed by atoms with Crippen molar-refractivity contribution in [1.29, 1.82) is 0 Å². The third-order valence-electron chi connectivity index (χ3n) is 5.51. The molecular weight excluding hydrogens is 344 g/mol. The predicted octanol–water partition coefficient (Wildman–Crippen LogP) is 2.19. The van der Waals surface area contributed by atoms with Crippen molar-refractivity contribution in [3.8, 4) is 0 Å². The topological polar surface area (TPSA) is 81.8 Å². The lowest BCUT2D eigenvalue weighted by Crippen LogP contribution is -2.46. The first-order chi connectivity index (χ1) is 12.9. The predicted molar refractivity (Wildman–Crippen MR) is 103 cm³/mol. The zero-order chi connectivity index (χ0) is 19.6. The van der Waals surface area contributed by atoms with Crippen molar-refractivity contribution in [3.63, 3.8) is 0 Å². The summed E-state index contributed by atoms with van der Waals surface area (Å²) in [6.07, 6.45) is 1.86. The summed E-state index contributed by atoms with van der Waals surface area (Å²) in [5, 5.41) is 5.56. The average molecular weight is 372 g/mol. The highest BCUT2D eigenvalue weighted by molar-refractivity contribution is 6.10. The van der Waals surface area contributed by atoms with Gasteiger partial charge in [0.05, 0.1) is 0 Å². The van der Waals surface area contributed by atoms with Crippen LogP contribution in [0.5, 0.6) is 0 Å². The van der Waals surface area contributed by atoms with E-state index in [0.29, 0.717) is 5.69 Å². The molecule has 7 nitrogen and oxygen atoms in total. The Kier molecular flexibility index (Phi) is 5.51. The molecule has 0 radical (unpaired) electrons. The maximum atomic E-state index is 12.6. The zero-order valence-electron chi connectivity index (χ0n) is 16.2. The first kappa shape index (κ1) is 19.4. The van der Waals surface area contributed by atoms with Crippen molar-refractivity contribution in [1.82, 2.24) is 15.1 Å². The number of hydrogen-bond acceptors (Lipinski definition) is 4. The van der Waals surface area contributed by atoms with Gasteiger partial charge in [-0.05, 0) is 56.5 Å². The summed E-state index contributed by atoms with van der Waals surface area (Å²) in [5.41, 5.74) is 0.913. The number of hydrogen-bond donors (Lipinski definition) is 2. The molecule has 1 saturated carbocycles. The van der Waals surface area contributed by atoms with E-state index in [1.165, 1.54) is 0 Å². The molecule has 1 aliphatic heterocycles. The summed E-state index contributed by atoms with van der Waals surface area (Å²) in [6.45, 7) is 8.43. The molecule has 1 aromatic carbocycles. The molecule has 1 aromatic rings. The van der Waals surface area contributed by atoms with Gasteiger partial charge in [-0.2, -0.15) is 0 Å². The second-order valence-electron chi connectivity index (χ2n) is 7.51.